The van der Waals surface area contributed by atoms with Crippen molar-refractivity contribution in [3.8, 4) is 10.8 Å². The number of hydrogen-bond donors (Lipinski definition) is 1. The summed E-state index contributed by atoms with van der Waals surface area (Å²) in [6.07, 6.45) is 0. The molecule has 0 amide bonds. The summed E-state index contributed by atoms with van der Waals surface area (Å²) >= 11 is 1.26. The molecule has 0 aliphatic carbocycles. The van der Waals surface area contributed by atoms with Crippen molar-refractivity contribution >= 4 is 11.5 Å². The molecule has 86 valence electrons. The van der Waals surface area contributed by atoms with E-state index in [1.165, 1.54) is 11.5 Å². The topological polar surface area (TPSA) is 90.7 Å². The monoisotopic (exact) mass is 239 g/mol. The fraction of sp³-hybridized carbons (Fsp3) is 0.556. The predicted molar refractivity (Wildman–Crippen MR) is 59.8 cm³/mol. The summed E-state index contributed by atoms with van der Waals surface area (Å²) in [5, 5.41) is 11.9. The van der Waals surface area contributed by atoms with Crippen LogP contribution in [-0.4, -0.2) is 19.8 Å². The smallest absolute Gasteiger partial charge is 0.261 e. The van der Waals surface area contributed by atoms with E-state index in [0.29, 0.717) is 11.8 Å². The first kappa shape index (κ1) is 11.2. The van der Waals surface area contributed by atoms with Crippen molar-refractivity contribution in [2.75, 3.05) is 0 Å². The molecule has 2 heterocycles. The summed E-state index contributed by atoms with van der Waals surface area (Å²) in [5.41, 5.74) is 6.18. The van der Waals surface area contributed by atoms with E-state index in [0.717, 1.165) is 10.6 Å². The predicted octanol–water partition coefficient (Wildman–Crippen LogP) is 1.34. The molecule has 0 spiro atoms. The lowest BCUT2D eigenvalue weighted by atomic mass is 9.91. The van der Waals surface area contributed by atoms with E-state index >= 15 is 0 Å². The van der Waals surface area contributed by atoms with Crippen LogP contribution in [0.25, 0.3) is 10.8 Å². The molecule has 0 saturated heterocycles. The van der Waals surface area contributed by atoms with Gasteiger partial charge in [0.15, 0.2) is 0 Å². The molecule has 2 aromatic rings. The fourth-order valence-corrected chi connectivity index (χ4v) is 2.05. The standard InChI is InChI=1S/C9H13N5OS/c1-9(2,3)7-6(16-14-12-7)8-13-11-5(4-10)15-8/h4,10H2,1-3H3. The average Bonchev–Trinajstić information content (AvgIpc) is 2.84. The molecule has 0 saturated carbocycles. The summed E-state index contributed by atoms with van der Waals surface area (Å²) in [6.45, 7) is 6.43. The summed E-state index contributed by atoms with van der Waals surface area (Å²) in [4.78, 5) is 0.819. The molecule has 0 atom stereocenters. The molecule has 2 N–H and O–H groups in total. The van der Waals surface area contributed by atoms with E-state index in [1.807, 2.05) is 0 Å². The van der Waals surface area contributed by atoms with E-state index in [2.05, 4.69) is 40.6 Å². The van der Waals surface area contributed by atoms with Gasteiger partial charge in [0.1, 0.15) is 4.88 Å². The molecule has 0 fully saturated rings. The van der Waals surface area contributed by atoms with Crippen molar-refractivity contribution in [2.45, 2.75) is 32.7 Å². The van der Waals surface area contributed by atoms with Crippen LogP contribution in [0.2, 0.25) is 0 Å². The fourth-order valence-electron chi connectivity index (χ4n) is 1.25. The Morgan fingerprint density at radius 2 is 2.00 bits per heavy atom. The van der Waals surface area contributed by atoms with Crippen LogP contribution >= 0.6 is 11.5 Å². The molecule has 0 radical (unpaired) electrons. The highest BCUT2D eigenvalue weighted by molar-refractivity contribution is 7.09. The highest BCUT2D eigenvalue weighted by Crippen LogP contribution is 2.32. The Hall–Kier alpha value is -1.34. The van der Waals surface area contributed by atoms with Gasteiger partial charge in [-0.25, -0.2) is 0 Å². The molecule has 2 rings (SSSR count). The van der Waals surface area contributed by atoms with Crippen LogP contribution in [0.15, 0.2) is 4.42 Å². The van der Waals surface area contributed by atoms with E-state index < -0.39 is 0 Å². The minimum absolute atomic E-state index is 0.0975. The highest BCUT2D eigenvalue weighted by atomic mass is 32.1. The third-order valence-corrected chi connectivity index (χ3v) is 2.75. The van der Waals surface area contributed by atoms with Crippen LogP contribution in [0.3, 0.4) is 0 Å². The van der Waals surface area contributed by atoms with E-state index in [-0.39, 0.29) is 12.0 Å². The average molecular weight is 239 g/mol. The van der Waals surface area contributed by atoms with Gasteiger partial charge in [-0.05, 0) is 11.5 Å². The lowest BCUT2D eigenvalue weighted by molar-refractivity contribution is 0.505. The second kappa shape index (κ2) is 3.91. The maximum atomic E-state index is 5.42. The third-order valence-electron chi connectivity index (χ3n) is 2.03. The second-order valence-electron chi connectivity index (χ2n) is 4.41. The number of aromatic nitrogens is 4. The van der Waals surface area contributed by atoms with Gasteiger partial charge in [-0.15, -0.1) is 15.3 Å². The van der Waals surface area contributed by atoms with Gasteiger partial charge in [0.05, 0.1) is 12.2 Å². The first-order valence-corrected chi connectivity index (χ1v) is 5.65. The van der Waals surface area contributed by atoms with Crippen molar-refractivity contribution in [2.24, 2.45) is 5.73 Å². The molecule has 0 aliphatic heterocycles. The molecule has 0 bridgehead atoms. The quantitative estimate of drug-likeness (QED) is 0.850. The lowest BCUT2D eigenvalue weighted by Crippen LogP contribution is -2.13. The van der Waals surface area contributed by atoms with Crippen molar-refractivity contribution in [3.05, 3.63) is 11.6 Å². The second-order valence-corrected chi connectivity index (χ2v) is 5.16. The minimum Gasteiger partial charge on any atom is -0.418 e. The van der Waals surface area contributed by atoms with Crippen LogP contribution in [0.4, 0.5) is 0 Å². The van der Waals surface area contributed by atoms with E-state index in [9.17, 15) is 0 Å². The first-order valence-electron chi connectivity index (χ1n) is 4.88. The summed E-state index contributed by atoms with van der Waals surface area (Å²) in [6, 6.07) is 0. The molecular weight excluding hydrogens is 226 g/mol. The number of rotatable bonds is 2. The first-order chi connectivity index (χ1) is 7.52. The van der Waals surface area contributed by atoms with Crippen molar-refractivity contribution in [1.82, 2.24) is 19.8 Å². The molecule has 0 aromatic carbocycles. The van der Waals surface area contributed by atoms with Crippen LogP contribution in [0.1, 0.15) is 32.4 Å². The van der Waals surface area contributed by atoms with Crippen LogP contribution in [0.5, 0.6) is 0 Å². The van der Waals surface area contributed by atoms with Gasteiger partial charge >= 0.3 is 0 Å². The Kier molecular flexibility index (Phi) is 2.73. The maximum Gasteiger partial charge on any atom is 0.261 e. The Morgan fingerprint density at radius 3 is 2.56 bits per heavy atom. The zero-order valence-corrected chi connectivity index (χ0v) is 10.2. The largest absolute Gasteiger partial charge is 0.418 e. The van der Waals surface area contributed by atoms with Gasteiger partial charge in [0.25, 0.3) is 5.89 Å². The van der Waals surface area contributed by atoms with Crippen LogP contribution in [-0.2, 0) is 12.0 Å². The normalized spacial score (nSPS) is 12.0. The Labute approximate surface area is 97.0 Å². The number of hydrogen-bond acceptors (Lipinski definition) is 7. The van der Waals surface area contributed by atoms with Gasteiger partial charge < -0.3 is 10.2 Å². The molecule has 0 aliphatic rings. The zero-order valence-electron chi connectivity index (χ0n) is 9.39. The summed E-state index contributed by atoms with van der Waals surface area (Å²) in [7, 11) is 0. The van der Waals surface area contributed by atoms with Crippen molar-refractivity contribution < 1.29 is 4.42 Å². The van der Waals surface area contributed by atoms with Crippen molar-refractivity contribution in [3.63, 3.8) is 0 Å². The molecular formula is C9H13N5OS. The van der Waals surface area contributed by atoms with E-state index in [1.54, 1.807) is 0 Å². The van der Waals surface area contributed by atoms with Gasteiger partial charge in [-0.3, -0.25) is 0 Å². The van der Waals surface area contributed by atoms with Gasteiger partial charge in [0, 0.05) is 5.41 Å². The zero-order chi connectivity index (χ0) is 11.8. The maximum absolute atomic E-state index is 5.42. The third kappa shape index (κ3) is 1.96. The number of nitrogens with zero attached hydrogens (tertiary/aromatic N) is 4. The van der Waals surface area contributed by atoms with Gasteiger partial charge in [0.2, 0.25) is 5.89 Å². The van der Waals surface area contributed by atoms with Gasteiger partial charge in [-0.1, -0.05) is 25.3 Å². The molecule has 2 aromatic heterocycles. The van der Waals surface area contributed by atoms with E-state index in [4.69, 9.17) is 10.2 Å². The van der Waals surface area contributed by atoms with Crippen LogP contribution in [0, 0.1) is 0 Å². The molecule has 6 nitrogen and oxygen atoms in total. The number of nitrogens with two attached hydrogens (primary N) is 1. The SMILES string of the molecule is CC(C)(C)c1nnsc1-c1nnc(CN)o1. The van der Waals surface area contributed by atoms with Gasteiger partial charge in [-0.2, -0.15) is 0 Å². The molecule has 16 heavy (non-hydrogen) atoms. The lowest BCUT2D eigenvalue weighted by Gasteiger charge is -2.14. The van der Waals surface area contributed by atoms with Crippen molar-refractivity contribution in [1.29, 1.82) is 0 Å². The Balaban J connectivity index is 2.44. The highest BCUT2D eigenvalue weighted by Gasteiger charge is 2.26. The Morgan fingerprint density at radius 1 is 1.25 bits per heavy atom. The Bertz CT molecular complexity index is 484. The summed E-state index contributed by atoms with van der Waals surface area (Å²) < 4.78 is 9.33. The molecule has 0 unspecified atom stereocenters. The minimum atomic E-state index is -0.0975. The van der Waals surface area contributed by atoms with Crippen LogP contribution < -0.4 is 5.73 Å². The summed E-state index contributed by atoms with van der Waals surface area (Å²) in [5.74, 6) is 0.864. The molecule has 7 heteroatoms.